The first-order valence-electron chi connectivity index (χ1n) is 4.31. The van der Waals surface area contributed by atoms with Crippen molar-refractivity contribution in [3.05, 3.63) is 24.3 Å². The van der Waals surface area contributed by atoms with Gasteiger partial charge in [0.2, 0.25) is 0 Å². The summed E-state index contributed by atoms with van der Waals surface area (Å²) in [4.78, 5) is 21.0. The highest BCUT2D eigenvalue weighted by atomic mass is 16.2. The van der Waals surface area contributed by atoms with E-state index in [1.54, 1.807) is 24.3 Å². The number of primary amides is 2. The molecule has 0 spiro atoms. The van der Waals surface area contributed by atoms with Crippen molar-refractivity contribution in [3.8, 4) is 0 Å². The maximum Gasteiger partial charge on any atom is 0.330 e. The molecule has 86 valence electrons. The summed E-state index contributed by atoms with van der Waals surface area (Å²) in [7, 11) is 0. The van der Waals surface area contributed by atoms with E-state index in [1.165, 1.54) is 0 Å². The van der Waals surface area contributed by atoms with Gasteiger partial charge in [-0.2, -0.15) is 0 Å². The zero-order valence-corrected chi connectivity index (χ0v) is 8.28. The van der Waals surface area contributed by atoms with E-state index in [4.69, 9.17) is 11.5 Å². The first-order valence-corrected chi connectivity index (χ1v) is 4.31. The fourth-order valence-electron chi connectivity index (χ4n) is 0.959. The van der Waals surface area contributed by atoms with Crippen molar-refractivity contribution in [1.29, 1.82) is 0 Å². The van der Waals surface area contributed by atoms with Crippen molar-refractivity contribution in [2.24, 2.45) is 11.5 Å². The van der Waals surface area contributed by atoms with Gasteiger partial charge in [-0.15, -0.1) is 0 Å². The van der Waals surface area contributed by atoms with Gasteiger partial charge in [-0.3, -0.25) is 21.7 Å². The molecule has 0 saturated heterocycles. The van der Waals surface area contributed by atoms with E-state index in [2.05, 4.69) is 21.7 Å². The van der Waals surface area contributed by atoms with E-state index >= 15 is 0 Å². The highest BCUT2D eigenvalue weighted by Crippen LogP contribution is 2.18. The van der Waals surface area contributed by atoms with Gasteiger partial charge < -0.3 is 11.5 Å². The molecule has 0 atom stereocenters. The summed E-state index contributed by atoms with van der Waals surface area (Å²) in [5.74, 6) is 0. The lowest BCUT2D eigenvalue weighted by molar-refractivity contribution is 0.249. The molecule has 4 amide bonds. The third kappa shape index (κ3) is 3.62. The molecule has 0 aliphatic heterocycles. The Bertz CT molecular complexity index is 357. The standard InChI is InChI=1S/C8H12N6O2/c9-7(15)13-11-5-3-1-2-4-6(5)12-14-8(10)16/h1-4,11-12H,(H3,9,13,15)(H3,10,14,16). The summed E-state index contributed by atoms with van der Waals surface area (Å²) < 4.78 is 0. The molecular weight excluding hydrogens is 212 g/mol. The highest BCUT2D eigenvalue weighted by molar-refractivity contribution is 5.78. The smallest absolute Gasteiger partial charge is 0.330 e. The van der Waals surface area contributed by atoms with Gasteiger partial charge >= 0.3 is 12.1 Å². The molecule has 0 bridgehead atoms. The van der Waals surface area contributed by atoms with Crippen LogP contribution in [-0.2, 0) is 0 Å². The molecule has 1 aromatic carbocycles. The maximum absolute atomic E-state index is 10.5. The summed E-state index contributed by atoms with van der Waals surface area (Å²) in [5.41, 5.74) is 20.3. The van der Waals surface area contributed by atoms with Crippen LogP contribution in [0.2, 0.25) is 0 Å². The number of benzene rings is 1. The number of hydrazine groups is 2. The predicted molar refractivity (Wildman–Crippen MR) is 59.1 cm³/mol. The first kappa shape index (κ1) is 11.4. The molecule has 0 radical (unpaired) electrons. The maximum atomic E-state index is 10.5. The number of carbonyl (C=O) groups is 2. The minimum Gasteiger partial charge on any atom is -0.350 e. The van der Waals surface area contributed by atoms with E-state index in [0.29, 0.717) is 11.4 Å². The number of hydrogen-bond acceptors (Lipinski definition) is 4. The molecule has 0 aliphatic rings. The number of amides is 4. The number of nitrogens with two attached hydrogens (primary N) is 2. The van der Waals surface area contributed by atoms with Gasteiger partial charge in [0.1, 0.15) is 0 Å². The third-order valence-corrected chi connectivity index (χ3v) is 1.57. The Kier molecular flexibility index (Phi) is 3.78. The van der Waals surface area contributed by atoms with E-state index in [0.717, 1.165) is 0 Å². The van der Waals surface area contributed by atoms with Gasteiger partial charge in [0, 0.05) is 0 Å². The molecule has 16 heavy (non-hydrogen) atoms. The lowest BCUT2D eigenvalue weighted by Crippen LogP contribution is -2.36. The van der Waals surface area contributed by atoms with Gasteiger partial charge in [-0.1, -0.05) is 12.1 Å². The van der Waals surface area contributed by atoms with E-state index in [-0.39, 0.29) is 0 Å². The largest absolute Gasteiger partial charge is 0.350 e. The number of anilines is 2. The molecular formula is C8H12N6O2. The van der Waals surface area contributed by atoms with Crippen LogP contribution in [0.25, 0.3) is 0 Å². The number of nitrogens with one attached hydrogen (secondary N) is 4. The van der Waals surface area contributed by atoms with Crippen molar-refractivity contribution < 1.29 is 9.59 Å². The van der Waals surface area contributed by atoms with Crippen LogP contribution < -0.4 is 33.2 Å². The molecule has 8 heteroatoms. The van der Waals surface area contributed by atoms with Crippen molar-refractivity contribution in [2.75, 3.05) is 10.9 Å². The Morgan fingerprint density at radius 1 is 0.875 bits per heavy atom. The van der Waals surface area contributed by atoms with Crippen molar-refractivity contribution in [3.63, 3.8) is 0 Å². The fourth-order valence-corrected chi connectivity index (χ4v) is 0.959. The Labute approximate surface area is 91.3 Å². The van der Waals surface area contributed by atoms with Gasteiger partial charge in [0.25, 0.3) is 0 Å². The van der Waals surface area contributed by atoms with Crippen LogP contribution in [0.15, 0.2) is 24.3 Å². The fraction of sp³-hybridized carbons (Fsp3) is 0. The summed E-state index contributed by atoms with van der Waals surface area (Å²) in [6.07, 6.45) is 0. The van der Waals surface area contributed by atoms with E-state index < -0.39 is 12.1 Å². The minimum atomic E-state index is -0.724. The zero-order chi connectivity index (χ0) is 12.0. The monoisotopic (exact) mass is 224 g/mol. The predicted octanol–water partition coefficient (Wildman–Crippen LogP) is -0.323. The lowest BCUT2D eigenvalue weighted by Gasteiger charge is -2.13. The Hall–Kier alpha value is -2.64. The summed E-state index contributed by atoms with van der Waals surface area (Å²) >= 11 is 0. The van der Waals surface area contributed by atoms with Crippen LogP contribution in [0, 0.1) is 0 Å². The van der Waals surface area contributed by atoms with Gasteiger partial charge in [-0.05, 0) is 12.1 Å². The van der Waals surface area contributed by atoms with Crippen LogP contribution in [0.5, 0.6) is 0 Å². The minimum absolute atomic E-state index is 0.523. The average Bonchev–Trinajstić information content (AvgIpc) is 2.24. The summed E-state index contributed by atoms with van der Waals surface area (Å²) in [6.45, 7) is 0. The molecule has 1 aromatic rings. The molecule has 8 N–H and O–H groups in total. The van der Waals surface area contributed by atoms with Crippen molar-refractivity contribution in [2.45, 2.75) is 0 Å². The first-order chi connectivity index (χ1) is 7.59. The van der Waals surface area contributed by atoms with Crippen LogP contribution >= 0.6 is 0 Å². The summed E-state index contributed by atoms with van der Waals surface area (Å²) in [5, 5.41) is 0. The Morgan fingerprint density at radius 3 is 1.56 bits per heavy atom. The number of para-hydroxylation sites is 2. The molecule has 0 unspecified atom stereocenters. The number of urea groups is 2. The molecule has 0 heterocycles. The van der Waals surface area contributed by atoms with Gasteiger partial charge in [-0.25, -0.2) is 9.59 Å². The SMILES string of the molecule is NC(=O)NNc1ccccc1NNC(N)=O. The van der Waals surface area contributed by atoms with E-state index in [1.807, 2.05) is 0 Å². The molecule has 0 saturated carbocycles. The number of carbonyl (C=O) groups excluding carboxylic acids is 2. The molecule has 0 aromatic heterocycles. The Morgan fingerprint density at radius 2 is 1.25 bits per heavy atom. The van der Waals surface area contributed by atoms with Crippen LogP contribution in [-0.4, -0.2) is 12.1 Å². The summed E-state index contributed by atoms with van der Waals surface area (Å²) in [6, 6.07) is 5.36. The van der Waals surface area contributed by atoms with E-state index in [9.17, 15) is 9.59 Å². The second kappa shape index (κ2) is 5.29. The topological polar surface area (TPSA) is 134 Å². The molecule has 0 fully saturated rings. The average molecular weight is 224 g/mol. The van der Waals surface area contributed by atoms with Crippen LogP contribution in [0.3, 0.4) is 0 Å². The van der Waals surface area contributed by atoms with Crippen molar-refractivity contribution >= 4 is 23.4 Å². The second-order valence-electron chi connectivity index (χ2n) is 2.77. The molecule has 0 aliphatic carbocycles. The van der Waals surface area contributed by atoms with Crippen LogP contribution in [0.4, 0.5) is 21.0 Å². The van der Waals surface area contributed by atoms with Crippen molar-refractivity contribution in [1.82, 2.24) is 10.9 Å². The second-order valence-corrected chi connectivity index (χ2v) is 2.77. The quantitative estimate of drug-likeness (QED) is 0.390. The van der Waals surface area contributed by atoms with Gasteiger partial charge in [0.15, 0.2) is 0 Å². The molecule has 1 rings (SSSR count). The third-order valence-electron chi connectivity index (χ3n) is 1.57. The molecule has 8 nitrogen and oxygen atoms in total. The Balaban J connectivity index is 2.67. The highest BCUT2D eigenvalue weighted by Gasteiger charge is 2.01. The van der Waals surface area contributed by atoms with Gasteiger partial charge in [0.05, 0.1) is 11.4 Å². The number of hydrogen-bond donors (Lipinski definition) is 6. The van der Waals surface area contributed by atoms with Crippen LogP contribution in [0.1, 0.15) is 0 Å². The lowest BCUT2D eigenvalue weighted by atomic mass is 10.3. The zero-order valence-electron chi connectivity index (χ0n) is 8.28. The number of rotatable bonds is 4. The normalized spacial score (nSPS) is 9.00.